The molecule has 84 valence electrons. The summed E-state index contributed by atoms with van der Waals surface area (Å²) in [5, 5.41) is 0. The molecule has 0 unspecified atom stereocenters. The highest BCUT2D eigenvalue weighted by atomic mass is 35.5. The molecule has 0 spiro atoms. The van der Waals surface area contributed by atoms with E-state index in [2.05, 4.69) is 0 Å². The summed E-state index contributed by atoms with van der Waals surface area (Å²) in [4.78, 5) is 0. The lowest BCUT2D eigenvalue weighted by molar-refractivity contribution is 0.325. The van der Waals surface area contributed by atoms with Gasteiger partial charge >= 0.3 is 0 Å². The van der Waals surface area contributed by atoms with Crippen molar-refractivity contribution in [3.05, 3.63) is 18.2 Å². The number of benzene rings is 1. The number of halogens is 3. The largest absolute Gasteiger partial charge is 0.478 e. The first-order valence-electron chi connectivity index (χ1n) is 4.02. The van der Waals surface area contributed by atoms with E-state index in [0.717, 1.165) is 0 Å². The Morgan fingerprint density at radius 2 is 1.40 bits per heavy atom. The van der Waals surface area contributed by atoms with E-state index >= 15 is 0 Å². The summed E-state index contributed by atoms with van der Waals surface area (Å²) in [6.45, 7) is 0. The van der Waals surface area contributed by atoms with Gasteiger partial charge in [0.2, 0.25) is 0 Å². The average Bonchev–Trinajstić information content (AvgIpc) is 2.23. The molecule has 0 radical (unpaired) electrons. The zero-order valence-corrected chi connectivity index (χ0v) is 9.98. The van der Waals surface area contributed by atoms with E-state index in [1.807, 2.05) is 0 Å². The maximum atomic E-state index is 5.46. The molecule has 0 bridgehead atoms. The molecule has 0 aromatic heterocycles. The Morgan fingerprint density at radius 1 is 0.800 bits per heavy atom. The van der Waals surface area contributed by atoms with E-state index in [1.165, 1.54) is 0 Å². The first-order valence-corrected chi connectivity index (χ1v) is 5.62. The maximum absolute atomic E-state index is 5.46. The van der Waals surface area contributed by atoms with Gasteiger partial charge < -0.3 is 14.2 Å². The molecule has 0 heterocycles. The predicted octanol–water partition coefficient (Wildman–Crippen LogP) is 3.41. The van der Waals surface area contributed by atoms with Crippen molar-refractivity contribution in [1.82, 2.24) is 0 Å². The van der Waals surface area contributed by atoms with Crippen molar-refractivity contribution >= 4 is 34.8 Å². The molecular formula is C9H9Cl3O3. The van der Waals surface area contributed by atoms with Crippen molar-refractivity contribution < 1.29 is 14.2 Å². The molecular weight excluding hydrogens is 262 g/mol. The SMILES string of the molecule is ClCOc1ccc(OCCl)c(OCCl)c1. The molecule has 0 aliphatic carbocycles. The second-order valence-electron chi connectivity index (χ2n) is 2.37. The van der Waals surface area contributed by atoms with E-state index in [9.17, 15) is 0 Å². The van der Waals surface area contributed by atoms with Crippen molar-refractivity contribution in [3.8, 4) is 17.2 Å². The summed E-state index contributed by atoms with van der Waals surface area (Å²) in [7, 11) is 0. The fourth-order valence-corrected chi connectivity index (χ4v) is 1.35. The van der Waals surface area contributed by atoms with E-state index in [0.29, 0.717) is 17.2 Å². The van der Waals surface area contributed by atoms with Gasteiger partial charge in [-0.2, -0.15) is 0 Å². The second-order valence-corrected chi connectivity index (χ2v) is 3.02. The first-order chi connectivity index (χ1) is 7.31. The maximum Gasteiger partial charge on any atom is 0.166 e. The summed E-state index contributed by atoms with van der Waals surface area (Å²) in [5.74, 6) is 1.55. The molecule has 6 heteroatoms. The fraction of sp³-hybridized carbons (Fsp3) is 0.333. The average molecular weight is 272 g/mol. The zero-order chi connectivity index (χ0) is 11.1. The van der Waals surface area contributed by atoms with Gasteiger partial charge in [-0.25, -0.2) is 0 Å². The van der Waals surface area contributed by atoms with Crippen molar-refractivity contribution in [2.45, 2.75) is 0 Å². The number of hydrogen-bond donors (Lipinski definition) is 0. The Balaban J connectivity index is 2.87. The minimum Gasteiger partial charge on any atom is -0.478 e. The molecule has 0 amide bonds. The van der Waals surface area contributed by atoms with Gasteiger partial charge in [-0.15, -0.1) is 0 Å². The lowest BCUT2D eigenvalue weighted by Crippen LogP contribution is -1.97. The molecule has 0 N–H and O–H groups in total. The smallest absolute Gasteiger partial charge is 0.166 e. The van der Waals surface area contributed by atoms with Gasteiger partial charge in [0.05, 0.1) is 0 Å². The lowest BCUT2D eigenvalue weighted by atomic mass is 10.3. The molecule has 0 fully saturated rings. The fourth-order valence-electron chi connectivity index (χ4n) is 0.991. The summed E-state index contributed by atoms with van der Waals surface area (Å²) >= 11 is 16.3. The molecule has 1 aromatic carbocycles. The molecule has 0 aliphatic heterocycles. The highest BCUT2D eigenvalue weighted by molar-refractivity contribution is 6.17. The Morgan fingerprint density at radius 3 is 2.00 bits per heavy atom. The van der Waals surface area contributed by atoms with E-state index in [-0.39, 0.29) is 18.2 Å². The number of ether oxygens (including phenoxy) is 3. The van der Waals surface area contributed by atoms with Crippen LogP contribution in [0.25, 0.3) is 0 Å². The van der Waals surface area contributed by atoms with Crippen molar-refractivity contribution in [1.29, 1.82) is 0 Å². The number of rotatable bonds is 6. The van der Waals surface area contributed by atoms with Crippen molar-refractivity contribution in [2.75, 3.05) is 18.2 Å². The lowest BCUT2D eigenvalue weighted by Gasteiger charge is -2.11. The van der Waals surface area contributed by atoms with Gasteiger partial charge in [0.1, 0.15) is 5.75 Å². The summed E-state index contributed by atoms with van der Waals surface area (Å²) < 4.78 is 15.3. The molecule has 3 nitrogen and oxygen atoms in total. The first kappa shape index (κ1) is 12.6. The van der Waals surface area contributed by atoms with Crippen LogP contribution in [0, 0.1) is 0 Å². The van der Waals surface area contributed by atoms with Crippen LogP contribution in [0.4, 0.5) is 0 Å². The summed E-state index contributed by atoms with van der Waals surface area (Å²) in [5.41, 5.74) is 0. The van der Waals surface area contributed by atoms with Gasteiger partial charge in [0.15, 0.2) is 29.7 Å². The van der Waals surface area contributed by atoms with Crippen LogP contribution < -0.4 is 14.2 Å². The standard InChI is InChI=1S/C9H9Cl3O3/c10-4-13-7-1-2-8(14-5-11)9(3-7)15-6-12/h1-3H,4-6H2. The van der Waals surface area contributed by atoms with Crippen molar-refractivity contribution in [3.63, 3.8) is 0 Å². The Kier molecular flexibility index (Phi) is 5.76. The van der Waals surface area contributed by atoms with Crippen LogP contribution in [0.5, 0.6) is 17.2 Å². The van der Waals surface area contributed by atoms with Gasteiger partial charge in [0.25, 0.3) is 0 Å². The normalized spacial score (nSPS) is 9.80. The highest BCUT2D eigenvalue weighted by Gasteiger charge is 2.06. The van der Waals surface area contributed by atoms with E-state index in [4.69, 9.17) is 49.0 Å². The Labute approximate surface area is 103 Å². The Hall–Kier alpha value is -0.510. The van der Waals surface area contributed by atoms with Gasteiger partial charge in [-0.3, -0.25) is 0 Å². The molecule has 1 rings (SSSR count). The predicted molar refractivity (Wildman–Crippen MR) is 60.5 cm³/mol. The minimum absolute atomic E-state index is 0.0168. The highest BCUT2D eigenvalue weighted by Crippen LogP contribution is 2.32. The third-order valence-electron chi connectivity index (χ3n) is 1.56. The molecule has 0 saturated carbocycles. The van der Waals surface area contributed by atoms with Crippen LogP contribution >= 0.6 is 34.8 Å². The van der Waals surface area contributed by atoms with Gasteiger partial charge in [-0.1, -0.05) is 34.8 Å². The molecule has 0 aliphatic rings. The molecule has 1 aromatic rings. The minimum atomic E-state index is 0.0168. The third-order valence-corrected chi connectivity index (χ3v) is 1.88. The Bertz CT molecular complexity index is 307. The number of hydrogen-bond acceptors (Lipinski definition) is 3. The van der Waals surface area contributed by atoms with Crippen LogP contribution in [0.15, 0.2) is 18.2 Å². The van der Waals surface area contributed by atoms with Crippen LogP contribution in [0.3, 0.4) is 0 Å². The number of alkyl halides is 3. The summed E-state index contributed by atoms with van der Waals surface area (Å²) in [6.07, 6.45) is 0. The van der Waals surface area contributed by atoms with Crippen LogP contribution in [-0.2, 0) is 0 Å². The van der Waals surface area contributed by atoms with Crippen LogP contribution in [0.2, 0.25) is 0 Å². The third kappa shape index (κ3) is 3.86. The molecule has 15 heavy (non-hydrogen) atoms. The molecule has 0 saturated heterocycles. The van der Waals surface area contributed by atoms with E-state index in [1.54, 1.807) is 18.2 Å². The van der Waals surface area contributed by atoms with Gasteiger partial charge in [-0.05, 0) is 12.1 Å². The van der Waals surface area contributed by atoms with Crippen LogP contribution in [0.1, 0.15) is 0 Å². The topological polar surface area (TPSA) is 27.7 Å². The quantitative estimate of drug-likeness (QED) is 0.742. The summed E-state index contributed by atoms with van der Waals surface area (Å²) in [6, 6.07) is 5.12. The van der Waals surface area contributed by atoms with Crippen LogP contribution in [-0.4, -0.2) is 18.2 Å². The van der Waals surface area contributed by atoms with Gasteiger partial charge in [0, 0.05) is 6.07 Å². The monoisotopic (exact) mass is 270 g/mol. The molecule has 0 atom stereocenters. The van der Waals surface area contributed by atoms with E-state index < -0.39 is 0 Å². The second kappa shape index (κ2) is 6.88. The zero-order valence-electron chi connectivity index (χ0n) is 7.71. The van der Waals surface area contributed by atoms with Crippen molar-refractivity contribution in [2.24, 2.45) is 0 Å².